The van der Waals surface area contributed by atoms with Crippen LogP contribution in [0.5, 0.6) is 5.75 Å². The SMILES string of the molecule is CCCCCCCCC(O)c1ccc2c(Cl)ccc(OCC3CC3)c2n1. The van der Waals surface area contributed by atoms with Gasteiger partial charge in [-0.3, -0.25) is 0 Å². The molecule has 0 aliphatic heterocycles. The molecular weight excluding hydrogens is 346 g/mol. The second kappa shape index (κ2) is 9.57. The first kappa shape index (κ1) is 19.4. The van der Waals surface area contributed by atoms with Crippen LogP contribution in [0, 0.1) is 5.92 Å². The van der Waals surface area contributed by atoms with Crippen molar-refractivity contribution < 1.29 is 9.84 Å². The highest BCUT2D eigenvalue weighted by atomic mass is 35.5. The lowest BCUT2D eigenvalue weighted by molar-refractivity contribution is 0.159. The number of hydrogen-bond acceptors (Lipinski definition) is 3. The van der Waals surface area contributed by atoms with Gasteiger partial charge in [-0.05, 0) is 49.4 Å². The number of unbranched alkanes of at least 4 members (excludes halogenated alkanes) is 5. The minimum Gasteiger partial charge on any atom is -0.491 e. The van der Waals surface area contributed by atoms with E-state index in [4.69, 9.17) is 21.3 Å². The number of aliphatic hydroxyl groups excluding tert-OH is 1. The monoisotopic (exact) mass is 375 g/mol. The van der Waals surface area contributed by atoms with E-state index in [1.54, 1.807) is 0 Å². The third-order valence-corrected chi connectivity index (χ3v) is 5.46. The topological polar surface area (TPSA) is 42.4 Å². The molecule has 2 aromatic rings. The average molecular weight is 376 g/mol. The van der Waals surface area contributed by atoms with Crippen molar-refractivity contribution in [1.82, 2.24) is 4.98 Å². The first-order valence-electron chi connectivity index (χ1n) is 10.1. The zero-order chi connectivity index (χ0) is 18.4. The molecule has 1 aliphatic rings. The smallest absolute Gasteiger partial charge is 0.145 e. The van der Waals surface area contributed by atoms with Crippen LogP contribution in [0.1, 0.15) is 76.5 Å². The van der Waals surface area contributed by atoms with Crippen molar-refractivity contribution >= 4 is 22.5 Å². The maximum absolute atomic E-state index is 10.5. The lowest BCUT2D eigenvalue weighted by Crippen LogP contribution is -2.03. The summed E-state index contributed by atoms with van der Waals surface area (Å²) in [5, 5.41) is 12.1. The second-order valence-corrected chi connectivity index (χ2v) is 7.91. The summed E-state index contributed by atoms with van der Waals surface area (Å²) < 4.78 is 5.97. The van der Waals surface area contributed by atoms with E-state index in [0.717, 1.165) is 36.1 Å². The molecule has 1 aromatic heterocycles. The van der Waals surface area contributed by atoms with Crippen LogP contribution in [0.4, 0.5) is 0 Å². The molecule has 1 heterocycles. The highest BCUT2D eigenvalue weighted by Gasteiger charge is 2.22. The Hall–Kier alpha value is -1.32. The van der Waals surface area contributed by atoms with Gasteiger partial charge in [-0.2, -0.15) is 0 Å². The van der Waals surface area contributed by atoms with Crippen LogP contribution in [-0.2, 0) is 0 Å². The minimum atomic E-state index is -0.527. The van der Waals surface area contributed by atoms with Crippen molar-refractivity contribution in [2.45, 2.75) is 70.8 Å². The molecule has 1 unspecified atom stereocenters. The Morgan fingerprint density at radius 2 is 1.88 bits per heavy atom. The Bertz CT molecular complexity index is 715. The fourth-order valence-corrected chi connectivity index (χ4v) is 3.45. The number of pyridine rings is 1. The van der Waals surface area contributed by atoms with E-state index >= 15 is 0 Å². The van der Waals surface area contributed by atoms with Gasteiger partial charge >= 0.3 is 0 Å². The number of rotatable bonds is 11. The molecule has 1 fully saturated rings. The van der Waals surface area contributed by atoms with Gasteiger partial charge in [-0.25, -0.2) is 4.98 Å². The second-order valence-electron chi connectivity index (χ2n) is 7.50. The molecule has 26 heavy (non-hydrogen) atoms. The van der Waals surface area contributed by atoms with E-state index in [1.165, 1.54) is 44.9 Å². The van der Waals surface area contributed by atoms with Gasteiger partial charge in [-0.1, -0.05) is 57.0 Å². The summed E-state index contributed by atoms with van der Waals surface area (Å²) in [4.78, 5) is 4.70. The summed E-state index contributed by atoms with van der Waals surface area (Å²) in [5.74, 6) is 1.45. The van der Waals surface area contributed by atoms with E-state index in [1.807, 2.05) is 24.3 Å². The Labute approximate surface area is 161 Å². The normalized spacial score (nSPS) is 15.3. The third-order valence-electron chi connectivity index (χ3n) is 5.13. The van der Waals surface area contributed by atoms with Gasteiger partial charge in [0.1, 0.15) is 11.3 Å². The van der Waals surface area contributed by atoms with Crippen LogP contribution in [0.2, 0.25) is 5.02 Å². The average Bonchev–Trinajstić information content (AvgIpc) is 3.48. The van der Waals surface area contributed by atoms with Crippen LogP contribution in [0.3, 0.4) is 0 Å². The molecular formula is C22H30ClNO2. The number of fused-ring (bicyclic) bond motifs is 1. The molecule has 0 saturated heterocycles. The van der Waals surface area contributed by atoms with Crippen molar-refractivity contribution in [2.75, 3.05) is 6.61 Å². The van der Waals surface area contributed by atoms with E-state index in [0.29, 0.717) is 16.6 Å². The minimum absolute atomic E-state index is 0.527. The predicted molar refractivity (Wildman–Crippen MR) is 108 cm³/mol. The molecule has 4 heteroatoms. The first-order valence-corrected chi connectivity index (χ1v) is 10.5. The highest BCUT2D eigenvalue weighted by molar-refractivity contribution is 6.35. The summed E-state index contributed by atoms with van der Waals surface area (Å²) in [6.07, 6.45) is 10.0. The van der Waals surface area contributed by atoms with E-state index in [2.05, 4.69) is 6.92 Å². The summed E-state index contributed by atoms with van der Waals surface area (Å²) in [6, 6.07) is 7.60. The number of halogens is 1. The van der Waals surface area contributed by atoms with Gasteiger partial charge < -0.3 is 9.84 Å². The Kier molecular flexibility index (Phi) is 7.15. The number of aliphatic hydroxyl groups is 1. The lowest BCUT2D eigenvalue weighted by Gasteiger charge is -2.14. The number of aromatic nitrogens is 1. The molecule has 1 saturated carbocycles. The molecule has 0 radical (unpaired) electrons. The molecule has 1 aromatic carbocycles. The van der Waals surface area contributed by atoms with Gasteiger partial charge in [0, 0.05) is 5.39 Å². The van der Waals surface area contributed by atoms with Crippen molar-refractivity contribution in [3.8, 4) is 5.75 Å². The predicted octanol–water partition coefficient (Wildman–Crippen LogP) is 6.46. The van der Waals surface area contributed by atoms with Crippen LogP contribution in [0.15, 0.2) is 24.3 Å². The fraction of sp³-hybridized carbons (Fsp3) is 0.591. The number of ether oxygens (including phenoxy) is 1. The van der Waals surface area contributed by atoms with Gasteiger partial charge in [0.05, 0.1) is 23.4 Å². The Balaban J connectivity index is 1.65. The summed E-state index contributed by atoms with van der Waals surface area (Å²) in [7, 11) is 0. The number of hydrogen-bond donors (Lipinski definition) is 1. The molecule has 142 valence electrons. The summed E-state index contributed by atoms with van der Waals surface area (Å²) >= 11 is 6.32. The zero-order valence-corrected chi connectivity index (χ0v) is 16.5. The van der Waals surface area contributed by atoms with Crippen molar-refractivity contribution in [1.29, 1.82) is 0 Å². The van der Waals surface area contributed by atoms with Crippen LogP contribution < -0.4 is 4.74 Å². The summed E-state index contributed by atoms with van der Waals surface area (Å²) in [5.41, 5.74) is 1.47. The highest BCUT2D eigenvalue weighted by Crippen LogP contribution is 2.34. The van der Waals surface area contributed by atoms with Crippen molar-refractivity contribution in [3.63, 3.8) is 0 Å². The Morgan fingerprint density at radius 1 is 1.12 bits per heavy atom. The van der Waals surface area contributed by atoms with Crippen LogP contribution >= 0.6 is 11.6 Å². The van der Waals surface area contributed by atoms with Crippen LogP contribution in [0.25, 0.3) is 10.9 Å². The van der Waals surface area contributed by atoms with E-state index < -0.39 is 6.10 Å². The fourth-order valence-electron chi connectivity index (χ4n) is 3.23. The standard InChI is InChI=1S/C22H30ClNO2/c1-2-3-4-5-6-7-8-20(25)19-13-11-17-18(23)12-14-21(22(17)24-19)26-15-16-9-10-16/h11-14,16,20,25H,2-10,15H2,1H3. The van der Waals surface area contributed by atoms with Gasteiger partial charge in [0.2, 0.25) is 0 Å². The Morgan fingerprint density at radius 3 is 2.65 bits per heavy atom. The van der Waals surface area contributed by atoms with Gasteiger partial charge in [0.15, 0.2) is 0 Å². The van der Waals surface area contributed by atoms with Crippen molar-refractivity contribution in [2.24, 2.45) is 5.92 Å². The molecule has 0 spiro atoms. The van der Waals surface area contributed by atoms with Gasteiger partial charge in [0.25, 0.3) is 0 Å². The molecule has 3 nitrogen and oxygen atoms in total. The quantitative estimate of drug-likeness (QED) is 0.458. The largest absolute Gasteiger partial charge is 0.491 e. The van der Waals surface area contributed by atoms with E-state index in [9.17, 15) is 5.11 Å². The molecule has 1 N–H and O–H groups in total. The lowest BCUT2D eigenvalue weighted by atomic mass is 10.0. The maximum Gasteiger partial charge on any atom is 0.145 e. The number of benzene rings is 1. The van der Waals surface area contributed by atoms with Crippen molar-refractivity contribution in [3.05, 3.63) is 35.0 Å². The first-order chi connectivity index (χ1) is 12.7. The van der Waals surface area contributed by atoms with E-state index in [-0.39, 0.29) is 0 Å². The maximum atomic E-state index is 10.5. The third kappa shape index (κ3) is 5.34. The molecule has 3 rings (SSSR count). The number of nitrogens with zero attached hydrogens (tertiary/aromatic N) is 1. The summed E-state index contributed by atoms with van der Waals surface area (Å²) in [6.45, 7) is 2.97. The molecule has 1 aliphatic carbocycles. The molecule has 0 amide bonds. The van der Waals surface area contributed by atoms with Crippen LogP contribution in [-0.4, -0.2) is 16.7 Å². The molecule has 1 atom stereocenters. The van der Waals surface area contributed by atoms with Gasteiger partial charge in [-0.15, -0.1) is 0 Å². The molecule has 0 bridgehead atoms. The zero-order valence-electron chi connectivity index (χ0n) is 15.7.